The molecule has 0 bridgehead atoms. The second-order valence-electron chi connectivity index (χ2n) is 7.57. The second kappa shape index (κ2) is 9.41. The number of hydrogen-bond acceptors (Lipinski definition) is 6. The van der Waals surface area contributed by atoms with E-state index >= 15 is 0 Å². The van der Waals surface area contributed by atoms with Gasteiger partial charge < -0.3 is 19.6 Å². The Morgan fingerprint density at radius 3 is 2.53 bits per heavy atom. The van der Waals surface area contributed by atoms with E-state index in [2.05, 4.69) is 4.98 Å². The molecule has 2 fully saturated rings. The number of likely N-dealkylation sites (N-methyl/N-ethyl adjacent to an activating group) is 1. The largest absolute Gasteiger partial charge is 0.483 e. The fourth-order valence-corrected chi connectivity index (χ4v) is 3.85. The van der Waals surface area contributed by atoms with Gasteiger partial charge in [0.2, 0.25) is 0 Å². The average Bonchev–Trinajstić information content (AvgIpc) is 2.95. The summed E-state index contributed by atoms with van der Waals surface area (Å²) in [5.74, 6) is -1.02. The molecule has 166 valence electrons. The summed E-state index contributed by atoms with van der Waals surface area (Å²) in [6, 6.07) is 2.01. The van der Waals surface area contributed by atoms with Crippen LogP contribution in [0, 0.1) is 5.41 Å². The van der Waals surface area contributed by atoms with Crippen LogP contribution in [0.15, 0.2) is 18.3 Å². The zero-order valence-electron chi connectivity index (χ0n) is 16.7. The Morgan fingerprint density at radius 1 is 1.40 bits per heavy atom. The zero-order chi connectivity index (χ0) is 22.5. The summed E-state index contributed by atoms with van der Waals surface area (Å²) in [7, 11) is 3.79. The Bertz CT molecular complexity index is 777. The van der Waals surface area contributed by atoms with Gasteiger partial charge in [-0.05, 0) is 39.1 Å². The molecule has 1 aromatic heterocycles. The molecule has 3 heterocycles. The van der Waals surface area contributed by atoms with Crippen molar-refractivity contribution < 1.29 is 37.4 Å². The van der Waals surface area contributed by atoms with Gasteiger partial charge in [0.05, 0.1) is 11.0 Å². The van der Waals surface area contributed by atoms with E-state index in [0.717, 1.165) is 12.1 Å². The van der Waals surface area contributed by atoms with Crippen molar-refractivity contribution in [2.75, 3.05) is 33.7 Å². The average molecular weight is 431 g/mol. The summed E-state index contributed by atoms with van der Waals surface area (Å²) in [4.78, 5) is 40.3. The number of carboxylic acid groups (broad SMARTS) is 1. The van der Waals surface area contributed by atoms with Crippen molar-refractivity contribution in [1.82, 2.24) is 14.8 Å². The number of pyridine rings is 1. The van der Waals surface area contributed by atoms with Gasteiger partial charge in [0, 0.05) is 32.3 Å². The van der Waals surface area contributed by atoms with Crippen molar-refractivity contribution in [3.05, 3.63) is 29.6 Å². The minimum Gasteiger partial charge on any atom is -0.483 e. The lowest BCUT2D eigenvalue weighted by atomic mass is 9.76. The van der Waals surface area contributed by atoms with Crippen LogP contribution in [-0.4, -0.2) is 78.1 Å². The van der Waals surface area contributed by atoms with Gasteiger partial charge in [0.25, 0.3) is 12.4 Å². The third kappa shape index (κ3) is 5.26. The fraction of sp³-hybridized carbons (Fsp3) is 0.579. The highest BCUT2D eigenvalue weighted by molar-refractivity contribution is 5.94. The number of halogens is 3. The normalized spacial score (nSPS) is 20.5. The Kier molecular flexibility index (Phi) is 7.40. The molecule has 8 nitrogen and oxygen atoms in total. The number of cyclic esters (lactones) is 1. The summed E-state index contributed by atoms with van der Waals surface area (Å²) in [5.41, 5.74) is -2.28. The molecule has 1 spiro atoms. The van der Waals surface area contributed by atoms with Gasteiger partial charge in [0.15, 0.2) is 0 Å². The SMILES string of the molecule is CN(C)CC1CC2(CCN(C(=O)c3ncccc3C(F)(F)F)CC2)C(=O)O1.O=CO. The summed E-state index contributed by atoms with van der Waals surface area (Å²) in [6.07, 6.45) is -2.32. The van der Waals surface area contributed by atoms with Crippen molar-refractivity contribution >= 4 is 18.3 Å². The number of carbonyl (C=O) groups is 3. The molecule has 0 aliphatic carbocycles. The summed E-state index contributed by atoms with van der Waals surface area (Å²) in [5, 5.41) is 6.89. The summed E-state index contributed by atoms with van der Waals surface area (Å²) < 4.78 is 44.9. The smallest absolute Gasteiger partial charge is 0.418 e. The maximum absolute atomic E-state index is 13.1. The van der Waals surface area contributed by atoms with E-state index in [1.807, 2.05) is 19.0 Å². The fourth-order valence-electron chi connectivity index (χ4n) is 3.85. The molecule has 1 N–H and O–H groups in total. The van der Waals surface area contributed by atoms with E-state index in [4.69, 9.17) is 14.6 Å². The molecule has 0 radical (unpaired) electrons. The van der Waals surface area contributed by atoms with Crippen LogP contribution in [0.5, 0.6) is 0 Å². The van der Waals surface area contributed by atoms with Gasteiger partial charge in [0.1, 0.15) is 11.8 Å². The molecule has 30 heavy (non-hydrogen) atoms. The van der Waals surface area contributed by atoms with Crippen molar-refractivity contribution in [3.8, 4) is 0 Å². The maximum atomic E-state index is 13.1. The summed E-state index contributed by atoms with van der Waals surface area (Å²) >= 11 is 0. The highest BCUT2D eigenvalue weighted by atomic mass is 19.4. The minimum absolute atomic E-state index is 0.192. The molecule has 1 unspecified atom stereocenters. The van der Waals surface area contributed by atoms with Crippen LogP contribution in [0.25, 0.3) is 0 Å². The van der Waals surface area contributed by atoms with Crippen molar-refractivity contribution in [1.29, 1.82) is 0 Å². The molecular formula is C19H24F3N3O5. The molecule has 2 aliphatic rings. The highest BCUT2D eigenvalue weighted by Gasteiger charge is 2.51. The lowest BCUT2D eigenvalue weighted by molar-refractivity contribution is -0.150. The molecule has 2 aliphatic heterocycles. The lowest BCUT2D eigenvalue weighted by Crippen LogP contribution is -2.45. The zero-order valence-corrected chi connectivity index (χ0v) is 16.7. The molecule has 0 aromatic carbocycles. The molecule has 11 heteroatoms. The number of aromatic nitrogens is 1. The molecule has 1 atom stereocenters. The van der Waals surface area contributed by atoms with Crippen molar-refractivity contribution in [2.24, 2.45) is 5.41 Å². The number of likely N-dealkylation sites (tertiary alicyclic amines) is 1. The standard InChI is InChI=1S/C18H22F3N3O3.CH2O2/c1-23(2)11-12-10-17(16(26)27-12)5-8-24(9-6-17)15(25)14-13(18(19,20)21)4-3-7-22-14;2-1-3/h3-4,7,12H,5-6,8-11H2,1-2H3;1H,(H,2,3). The number of piperidine rings is 1. The number of hydrogen-bond donors (Lipinski definition) is 1. The molecule has 0 saturated carbocycles. The van der Waals surface area contributed by atoms with E-state index in [1.165, 1.54) is 11.1 Å². The van der Waals surface area contributed by atoms with Crippen molar-refractivity contribution in [2.45, 2.75) is 31.5 Å². The Morgan fingerprint density at radius 2 is 2.00 bits per heavy atom. The molecule has 3 rings (SSSR count). The van der Waals surface area contributed by atoms with E-state index in [9.17, 15) is 22.8 Å². The van der Waals surface area contributed by atoms with E-state index in [1.54, 1.807) is 0 Å². The monoisotopic (exact) mass is 431 g/mol. The number of carbonyl (C=O) groups excluding carboxylic acids is 2. The first kappa shape index (κ1) is 23.6. The van der Waals surface area contributed by atoms with Crippen LogP contribution >= 0.6 is 0 Å². The van der Waals surface area contributed by atoms with Gasteiger partial charge in [-0.3, -0.25) is 19.4 Å². The number of alkyl halides is 3. The minimum atomic E-state index is -4.65. The number of nitrogens with zero attached hydrogens (tertiary/aromatic N) is 3. The van der Waals surface area contributed by atoms with Crippen LogP contribution in [0.3, 0.4) is 0 Å². The van der Waals surface area contributed by atoms with Gasteiger partial charge in [-0.25, -0.2) is 0 Å². The quantitative estimate of drug-likeness (QED) is 0.576. The molecule has 2 saturated heterocycles. The predicted octanol–water partition coefficient (Wildman–Crippen LogP) is 1.90. The highest BCUT2D eigenvalue weighted by Crippen LogP contribution is 2.43. The van der Waals surface area contributed by atoms with Crippen molar-refractivity contribution in [3.63, 3.8) is 0 Å². The van der Waals surface area contributed by atoms with Gasteiger partial charge in [-0.2, -0.15) is 13.2 Å². The first-order valence-electron chi connectivity index (χ1n) is 9.29. The first-order valence-corrected chi connectivity index (χ1v) is 9.29. The number of amides is 1. The van der Waals surface area contributed by atoms with Crippen LogP contribution in [0.2, 0.25) is 0 Å². The Balaban J connectivity index is 0.00000101. The predicted molar refractivity (Wildman–Crippen MR) is 98.6 cm³/mol. The van der Waals surface area contributed by atoms with Crippen LogP contribution < -0.4 is 0 Å². The third-order valence-corrected chi connectivity index (χ3v) is 5.22. The first-order chi connectivity index (χ1) is 14.0. The topological polar surface area (TPSA) is 100 Å². The lowest BCUT2D eigenvalue weighted by Gasteiger charge is -2.36. The van der Waals surface area contributed by atoms with Gasteiger partial charge in [-0.1, -0.05) is 0 Å². The van der Waals surface area contributed by atoms with E-state index in [0.29, 0.717) is 25.8 Å². The van der Waals surface area contributed by atoms with Crippen LogP contribution in [-0.2, 0) is 20.5 Å². The van der Waals surface area contributed by atoms with Crippen LogP contribution in [0.4, 0.5) is 13.2 Å². The molecular weight excluding hydrogens is 407 g/mol. The van der Waals surface area contributed by atoms with E-state index < -0.39 is 28.8 Å². The van der Waals surface area contributed by atoms with Crippen LogP contribution in [0.1, 0.15) is 35.3 Å². The summed E-state index contributed by atoms with van der Waals surface area (Å²) in [6.45, 7) is 0.784. The third-order valence-electron chi connectivity index (χ3n) is 5.22. The maximum Gasteiger partial charge on any atom is 0.418 e. The number of esters is 1. The Labute approximate surface area is 171 Å². The van der Waals surface area contributed by atoms with Gasteiger partial charge in [-0.15, -0.1) is 0 Å². The van der Waals surface area contributed by atoms with Gasteiger partial charge >= 0.3 is 12.1 Å². The second-order valence-corrected chi connectivity index (χ2v) is 7.57. The molecule has 1 amide bonds. The Hall–Kier alpha value is -2.69. The number of rotatable bonds is 3. The molecule has 1 aromatic rings. The number of ether oxygens (including phenoxy) is 1. The van der Waals surface area contributed by atoms with E-state index in [-0.39, 0.29) is 31.6 Å².